The Morgan fingerprint density at radius 1 is 1.33 bits per heavy atom. The van der Waals surface area contributed by atoms with Crippen molar-refractivity contribution in [2.75, 3.05) is 32.6 Å². The lowest BCUT2D eigenvalue weighted by molar-refractivity contribution is -0.131. The van der Waals surface area contributed by atoms with Crippen LogP contribution in [-0.2, 0) is 16.1 Å². The molecule has 2 aromatic heterocycles. The first-order chi connectivity index (χ1) is 12.9. The molecule has 1 fully saturated rings. The van der Waals surface area contributed by atoms with E-state index < -0.39 is 0 Å². The molecule has 3 heterocycles. The van der Waals surface area contributed by atoms with E-state index >= 15 is 0 Å². The summed E-state index contributed by atoms with van der Waals surface area (Å²) in [4.78, 5) is 25.1. The van der Waals surface area contributed by atoms with Gasteiger partial charge in [0, 0.05) is 46.4 Å². The molecule has 0 bridgehead atoms. The first kappa shape index (κ1) is 19.3. The molecule has 3 rings (SSSR count). The van der Waals surface area contributed by atoms with Crippen molar-refractivity contribution in [1.82, 2.24) is 20.0 Å². The highest BCUT2D eigenvalue weighted by molar-refractivity contribution is 5.76. The lowest BCUT2D eigenvalue weighted by Crippen LogP contribution is -2.28. The summed E-state index contributed by atoms with van der Waals surface area (Å²) in [7, 11) is 5.56. The van der Waals surface area contributed by atoms with Gasteiger partial charge in [-0.2, -0.15) is 0 Å². The number of ether oxygens (including phenoxy) is 1. The van der Waals surface area contributed by atoms with Crippen LogP contribution in [0.15, 0.2) is 16.8 Å². The molecule has 0 aliphatic carbocycles. The number of aromatic nitrogens is 3. The van der Waals surface area contributed by atoms with E-state index in [1.165, 1.54) is 0 Å². The number of carbonyl (C=O) groups is 1. The van der Waals surface area contributed by atoms with Crippen LogP contribution in [0.2, 0.25) is 0 Å². The summed E-state index contributed by atoms with van der Waals surface area (Å²) < 4.78 is 11.0. The number of hydrogen-bond donors (Lipinski definition) is 0. The fraction of sp³-hybridized carbons (Fsp3) is 0.579. The first-order valence-corrected chi connectivity index (χ1v) is 9.26. The Labute approximate surface area is 159 Å². The molecule has 0 spiro atoms. The van der Waals surface area contributed by atoms with Crippen molar-refractivity contribution in [3.8, 4) is 11.3 Å². The molecule has 8 nitrogen and oxygen atoms in total. The number of aryl methyl sites for hydroxylation is 1. The maximum atomic E-state index is 12.6. The summed E-state index contributed by atoms with van der Waals surface area (Å²) in [6.07, 6.45) is 5.32. The molecule has 0 unspecified atom stereocenters. The maximum Gasteiger partial charge on any atom is 0.225 e. The Kier molecular flexibility index (Phi) is 6.05. The summed E-state index contributed by atoms with van der Waals surface area (Å²) >= 11 is 0. The average molecular weight is 373 g/mol. The summed E-state index contributed by atoms with van der Waals surface area (Å²) in [6, 6.07) is 1.84. The largest absolute Gasteiger partial charge is 0.378 e. The number of nitrogens with zero attached hydrogens (tertiary/aromatic N) is 5. The molecule has 0 N–H and O–H groups in total. The van der Waals surface area contributed by atoms with Crippen LogP contribution in [0.25, 0.3) is 11.3 Å². The van der Waals surface area contributed by atoms with Crippen LogP contribution in [-0.4, -0.2) is 59.8 Å². The Balaban J connectivity index is 1.74. The Morgan fingerprint density at radius 3 is 2.78 bits per heavy atom. The monoisotopic (exact) mass is 373 g/mol. The van der Waals surface area contributed by atoms with Gasteiger partial charge in [-0.1, -0.05) is 5.16 Å². The van der Waals surface area contributed by atoms with E-state index in [-0.39, 0.29) is 12.0 Å². The zero-order valence-electron chi connectivity index (χ0n) is 16.4. The maximum absolute atomic E-state index is 12.6. The van der Waals surface area contributed by atoms with E-state index in [2.05, 4.69) is 15.1 Å². The van der Waals surface area contributed by atoms with Gasteiger partial charge in [-0.3, -0.25) is 4.79 Å². The SMILES string of the molecule is Cc1cc(-c2cnc(N(C)C)nc2CN(C)C(=O)CC[C@H]2CCCO2)on1. The topological polar surface area (TPSA) is 84.6 Å². The van der Waals surface area contributed by atoms with Gasteiger partial charge in [0.15, 0.2) is 5.76 Å². The number of hydrogen-bond acceptors (Lipinski definition) is 7. The fourth-order valence-electron chi connectivity index (χ4n) is 3.10. The lowest BCUT2D eigenvalue weighted by atomic mass is 10.1. The number of amides is 1. The summed E-state index contributed by atoms with van der Waals surface area (Å²) in [6.45, 7) is 3.05. The predicted molar refractivity (Wildman–Crippen MR) is 101 cm³/mol. The van der Waals surface area contributed by atoms with Crippen LogP contribution in [0.1, 0.15) is 37.1 Å². The van der Waals surface area contributed by atoms with Gasteiger partial charge in [0.05, 0.1) is 29.6 Å². The van der Waals surface area contributed by atoms with Gasteiger partial charge in [0.25, 0.3) is 0 Å². The molecular formula is C19H27N5O3. The zero-order valence-corrected chi connectivity index (χ0v) is 16.4. The van der Waals surface area contributed by atoms with E-state index in [0.717, 1.165) is 42.8 Å². The minimum atomic E-state index is 0.0789. The number of carbonyl (C=O) groups excluding carboxylic acids is 1. The Morgan fingerprint density at radius 2 is 2.15 bits per heavy atom. The minimum absolute atomic E-state index is 0.0789. The van der Waals surface area contributed by atoms with Gasteiger partial charge in [-0.25, -0.2) is 9.97 Å². The standard InChI is InChI=1S/C19H27N5O3/c1-13-10-17(27-22-13)15-11-20-19(23(2)3)21-16(15)12-24(4)18(25)8-7-14-6-5-9-26-14/h10-11,14H,5-9,12H2,1-4H3/t14-/m1/s1. The van der Waals surface area contributed by atoms with Crippen molar-refractivity contribution in [2.24, 2.45) is 0 Å². The van der Waals surface area contributed by atoms with E-state index in [1.54, 1.807) is 18.1 Å². The summed E-state index contributed by atoms with van der Waals surface area (Å²) in [5, 5.41) is 3.94. The summed E-state index contributed by atoms with van der Waals surface area (Å²) in [5.74, 6) is 1.27. The lowest BCUT2D eigenvalue weighted by Gasteiger charge is -2.20. The second-order valence-electron chi connectivity index (χ2n) is 7.18. The molecular weight excluding hydrogens is 346 g/mol. The molecule has 0 aromatic carbocycles. The number of anilines is 1. The van der Waals surface area contributed by atoms with E-state index in [0.29, 0.717) is 24.7 Å². The van der Waals surface area contributed by atoms with Crippen LogP contribution < -0.4 is 4.90 Å². The Bertz CT molecular complexity index is 783. The van der Waals surface area contributed by atoms with Gasteiger partial charge >= 0.3 is 0 Å². The van der Waals surface area contributed by atoms with Crippen LogP contribution >= 0.6 is 0 Å². The molecule has 27 heavy (non-hydrogen) atoms. The van der Waals surface area contributed by atoms with Gasteiger partial charge in [-0.15, -0.1) is 0 Å². The third kappa shape index (κ3) is 4.82. The van der Waals surface area contributed by atoms with Crippen molar-refractivity contribution in [3.63, 3.8) is 0 Å². The molecule has 2 aromatic rings. The van der Waals surface area contributed by atoms with Crippen LogP contribution in [0.4, 0.5) is 5.95 Å². The fourth-order valence-corrected chi connectivity index (χ4v) is 3.10. The molecule has 0 saturated carbocycles. The molecule has 8 heteroatoms. The predicted octanol–water partition coefficient (Wildman–Crippen LogP) is 2.42. The van der Waals surface area contributed by atoms with Gasteiger partial charge in [0.2, 0.25) is 11.9 Å². The zero-order chi connectivity index (χ0) is 19.4. The highest BCUT2D eigenvalue weighted by Gasteiger charge is 2.21. The third-order valence-electron chi connectivity index (χ3n) is 4.67. The normalized spacial score (nSPS) is 16.5. The van der Waals surface area contributed by atoms with Crippen molar-refractivity contribution >= 4 is 11.9 Å². The quantitative estimate of drug-likeness (QED) is 0.737. The molecule has 0 radical (unpaired) electrons. The van der Waals surface area contributed by atoms with Crippen molar-refractivity contribution < 1.29 is 14.1 Å². The molecule has 1 aliphatic heterocycles. The van der Waals surface area contributed by atoms with Gasteiger partial charge < -0.3 is 19.1 Å². The highest BCUT2D eigenvalue weighted by Crippen LogP contribution is 2.25. The minimum Gasteiger partial charge on any atom is -0.378 e. The third-order valence-corrected chi connectivity index (χ3v) is 4.67. The highest BCUT2D eigenvalue weighted by atomic mass is 16.5. The van der Waals surface area contributed by atoms with Crippen molar-refractivity contribution in [2.45, 2.75) is 45.3 Å². The smallest absolute Gasteiger partial charge is 0.225 e. The van der Waals surface area contributed by atoms with E-state index in [4.69, 9.17) is 9.26 Å². The number of rotatable bonds is 7. The second-order valence-corrected chi connectivity index (χ2v) is 7.18. The van der Waals surface area contributed by atoms with Crippen molar-refractivity contribution in [1.29, 1.82) is 0 Å². The van der Waals surface area contributed by atoms with Crippen molar-refractivity contribution in [3.05, 3.63) is 23.7 Å². The second kappa shape index (κ2) is 8.47. The molecule has 1 amide bonds. The van der Waals surface area contributed by atoms with Gasteiger partial charge in [-0.05, 0) is 26.2 Å². The van der Waals surface area contributed by atoms with E-state index in [1.807, 2.05) is 32.0 Å². The van der Waals surface area contributed by atoms with Crippen LogP contribution in [0, 0.1) is 6.92 Å². The van der Waals surface area contributed by atoms with Gasteiger partial charge in [0.1, 0.15) is 0 Å². The summed E-state index contributed by atoms with van der Waals surface area (Å²) in [5.41, 5.74) is 2.27. The first-order valence-electron chi connectivity index (χ1n) is 9.26. The van der Waals surface area contributed by atoms with Crippen LogP contribution in [0.3, 0.4) is 0 Å². The Hall–Kier alpha value is -2.48. The van der Waals surface area contributed by atoms with Crippen LogP contribution in [0.5, 0.6) is 0 Å². The average Bonchev–Trinajstić information content (AvgIpc) is 3.31. The molecule has 1 saturated heterocycles. The van der Waals surface area contributed by atoms with E-state index in [9.17, 15) is 4.79 Å². The molecule has 146 valence electrons. The molecule has 1 aliphatic rings. The molecule has 1 atom stereocenters.